The van der Waals surface area contributed by atoms with Crippen LogP contribution in [0, 0.1) is 0 Å². The summed E-state index contributed by atoms with van der Waals surface area (Å²) < 4.78 is 21.3. The van der Waals surface area contributed by atoms with Gasteiger partial charge < -0.3 is 24.3 Å². The van der Waals surface area contributed by atoms with Gasteiger partial charge in [-0.25, -0.2) is 4.79 Å². The van der Waals surface area contributed by atoms with Crippen molar-refractivity contribution in [2.75, 3.05) is 31.7 Å². The van der Waals surface area contributed by atoms with E-state index in [1.54, 1.807) is 30.3 Å². The Bertz CT molecular complexity index is 803. The van der Waals surface area contributed by atoms with Crippen LogP contribution in [0.4, 0.5) is 5.69 Å². The maximum atomic E-state index is 12.0. The summed E-state index contributed by atoms with van der Waals surface area (Å²) in [6, 6.07) is 12.5. The number of ether oxygens (including phenoxy) is 4. The highest BCUT2D eigenvalue weighted by Gasteiger charge is 2.11. The third kappa shape index (κ3) is 7.37. The number of aryl methyl sites for hydroxylation is 1. The van der Waals surface area contributed by atoms with Crippen LogP contribution in [0.5, 0.6) is 17.2 Å². The van der Waals surface area contributed by atoms with Crippen molar-refractivity contribution in [1.29, 1.82) is 0 Å². The number of esters is 1. The van der Waals surface area contributed by atoms with Crippen molar-refractivity contribution in [3.63, 3.8) is 0 Å². The average molecular weight is 401 g/mol. The molecule has 2 aromatic rings. The molecular weight excluding hydrogens is 374 g/mol. The van der Waals surface area contributed by atoms with Crippen LogP contribution in [-0.2, 0) is 20.7 Å². The summed E-state index contributed by atoms with van der Waals surface area (Å²) in [5, 5.41) is 2.66. The minimum absolute atomic E-state index is 0.268. The molecule has 2 rings (SSSR count). The van der Waals surface area contributed by atoms with Crippen LogP contribution in [0.1, 0.15) is 26.3 Å². The normalized spacial score (nSPS) is 10.2. The fraction of sp³-hybridized carbons (Fsp3) is 0.364. The van der Waals surface area contributed by atoms with E-state index >= 15 is 0 Å². The van der Waals surface area contributed by atoms with Gasteiger partial charge in [0.25, 0.3) is 5.91 Å². The lowest BCUT2D eigenvalue weighted by molar-refractivity contribution is -0.149. The Balaban J connectivity index is 1.79. The van der Waals surface area contributed by atoms with Crippen molar-refractivity contribution >= 4 is 17.6 Å². The van der Waals surface area contributed by atoms with Crippen LogP contribution in [0.2, 0.25) is 0 Å². The zero-order valence-corrected chi connectivity index (χ0v) is 17.0. The molecule has 0 radical (unpaired) electrons. The third-order valence-electron chi connectivity index (χ3n) is 3.88. The molecule has 29 heavy (non-hydrogen) atoms. The molecular formula is C22H27NO6. The fourth-order valence-corrected chi connectivity index (χ4v) is 2.48. The van der Waals surface area contributed by atoms with E-state index in [0.717, 1.165) is 6.42 Å². The van der Waals surface area contributed by atoms with Gasteiger partial charge in [0.15, 0.2) is 24.7 Å². The maximum absolute atomic E-state index is 12.0. The van der Waals surface area contributed by atoms with Crippen molar-refractivity contribution in [2.45, 2.75) is 27.2 Å². The van der Waals surface area contributed by atoms with Crippen molar-refractivity contribution < 1.29 is 28.5 Å². The molecule has 7 heteroatoms. The van der Waals surface area contributed by atoms with Gasteiger partial charge in [0.1, 0.15) is 5.75 Å². The van der Waals surface area contributed by atoms with E-state index < -0.39 is 18.5 Å². The molecule has 0 atom stereocenters. The average Bonchev–Trinajstić information content (AvgIpc) is 2.73. The smallest absolute Gasteiger partial charge is 0.344 e. The number of rotatable bonds is 11. The molecule has 1 N–H and O–H groups in total. The summed E-state index contributed by atoms with van der Waals surface area (Å²) in [4.78, 5) is 23.8. The highest BCUT2D eigenvalue weighted by Crippen LogP contribution is 2.30. The van der Waals surface area contributed by atoms with Crippen LogP contribution < -0.4 is 19.5 Å². The number of benzene rings is 2. The van der Waals surface area contributed by atoms with Crippen molar-refractivity contribution in [1.82, 2.24) is 0 Å². The highest BCUT2D eigenvalue weighted by atomic mass is 16.6. The van der Waals surface area contributed by atoms with Gasteiger partial charge in [-0.1, -0.05) is 19.1 Å². The lowest BCUT2D eigenvalue weighted by atomic mass is 10.2. The van der Waals surface area contributed by atoms with Crippen LogP contribution in [-0.4, -0.2) is 38.3 Å². The lowest BCUT2D eigenvalue weighted by Gasteiger charge is -2.13. The Morgan fingerprint density at radius 3 is 2.17 bits per heavy atom. The van der Waals surface area contributed by atoms with E-state index in [9.17, 15) is 9.59 Å². The first-order chi connectivity index (χ1) is 14.0. The Labute approximate surface area is 170 Å². The first kappa shape index (κ1) is 22.1. The van der Waals surface area contributed by atoms with E-state index in [2.05, 4.69) is 12.2 Å². The molecule has 0 fully saturated rings. The zero-order valence-electron chi connectivity index (χ0n) is 17.0. The van der Waals surface area contributed by atoms with Gasteiger partial charge in [-0.05, 0) is 50.1 Å². The van der Waals surface area contributed by atoms with Crippen molar-refractivity contribution in [2.24, 2.45) is 0 Å². The number of nitrogens with one attached hydrogen (secondary N) is 1. The Morgan fingerprint density at radius 2 is 1.52 bits per heavy atom. The van der Waals surface area contributed by atoms with Gasteiger partial charge in [-0.2, -0.15) is 0 Å². The summed E-state index contributed by atoms with van der Waals surface area (Å²) in [5.41, 5.74) is 1.70. The molecule has 0 aliphatic rings. The SMILES string of the molecule is CCOc1ccc(NC(=O)COC(=O)COc2ccc(CC)cc2)cc1OCC. The predicted molar refractivity (Wildman–Crippen MR) is 110 cm³/mol. The summed E-state index contributed by atoms with van der Waals surface area (Å²) in [6.07, 6.45) is 0.928. The zero-order chi connectivity index (χ0) is 21.1. The topological polar surface area (TPSA) is 83.1 Å². The molecule has 0 saturated carbocycles. The molecule has 0 heterocycles. The van der Waals surface area contributed by atoms with Crippen molar-refractivity contribution in [3.8, 4) is 17.2 Å². The van der Waals surface area contributed by atoms with Crippen LogP contribution in [0.3, 0.4) is 0 Å². The Kier molecular flexibility index (Phi) is 8.82. The van der Waals surface area contributed by atoms with Gasteiger partial charge in [-0.3, -0.25) is 4.79 Å². The molecule has 0 aliphatic heterocycles. The molecule has 0 aliphatic carbocycles. The van der Waals surface area contributed by atoms with Gasteiger partial charge in [0.05, 0.1) is 13.2 Å². The van der Waals surface area contributed by atoms with E-state index in [1.165, 1.54) is 5.56 Å². The largest absolute Gasteiger partial charge is 0.490 e. The Morgan fingerprint density at radius 1 is 0.828 bits per heavy atom. The monoisotopic (exact) mass is 401 g/mol. The molecule has 0 bridgehead atoms. The molecule has 2 aromatic carbocycles. The Hall–Kier alpha value is -3.22. The van der Waals surface area contributed by atoms with E-state index in [1.807, 2.05) is 26.0 Å². The second-order valence-electron chi connectivity index (χ2n) is 6.02. The number of anilines is 1. The van der Waals surface area contributed by atoms with Gasteiger partial charge in [0, 0.05) is 11.8 Å². The maximum Gasteiger partial charge on any atom is 0.344 e. The fourth-order valence-electron chi connectivity index (χ4n) is 2.48. The molecule has 0 spiro atoms. The summed E-state index contributed by atoms with van der Waals surface area (Å²) >= 11 is 0. The van der Waals surface area contributed by atoms with Gasteiger partial charge >= 0.3 is 5.97 Å². The van der Waals surface area contributed by atoms with Crippen LogP contribution >= 0.6 is 0 Å². The summed E-state index contributed by atoms with van der Waals surface area (Å²) in [5.74, 6) is 0.620. The lowest BCUT2D eigenvalue weighted by Crippen LogP contribution is -2.23. The standard InChI is InChI=1S/C22H27NO6/c1-4-16-7-10-18(11-8-16)28-15-22(25)29-14-21(24)23-17-9-12-19(26-5-2)20(13-17)27-6-3/h7-13H,4-6,14-15H2,1-3H3,(H,23,24). The molecule has 156 valence electrons. The third-order valence-corrected chi connectivity index (χ3v) is 3.88. The van der Waals surface area contributed by atoms with E-state index in [0.29, 0.717) is 36.1 Å². The number of hydrogen-bond donors (Lipinski definition) is 1. The second kappa shape index (κ2) is 11.6. The van der Waals surface area contributed by atoms with Crippen LogP contribution in [0.15, 0.2) is 42.5 Å². The van der Waals surface area contributed by atoms with E-state index in [4.69, 9.17) is 18.9 Å². The molecule has 7 nitrogen and oxygen atoms in total. The number of carbonyl (C=O) groups excluding carboxylic acids is 2. The second-order valence-corrected chi connectivity index (χ2v) is 6.02. The molecule has 0 unspecified atom stereocenters. The first-order valence-corrected chi connectivity index (χ1v) is 9.62. The number of hydrogen-bond acceptors (Lipinski definition) is 6. The number of carbonyl (C=O) groups is 2. The molecule has 1 amide bonds. The number of amides is 1. The molecule has 0 aromatic heterocycles. The van der Waals surface area contributed by atoms with Gasteiger partial charge in [0.2, 0.25) is 0 Å². The quantitative estimate of drug-likeness (QED) is 0.579. The predicted octanol–water partition coefficient (Wildman–Crippen LogP) is 3.61. The van der Waals surface area contributed by atoms with Crippen LogP contribution in [0.25, 0.3) is 0 Å². The summed E-state index contributed by atoms with van der Waals surface area (Å²) in [7, 11) is 0. The van der Waals surface area contributed by atoms with Gasteiger partial charge in [-0.15, -0.1) is 0 Å². The van der Waals surface area contributed by atoms with Crippen molar-refractivity contribution in [3.05, 3.63) is 48.0 Å². The molecule has 0 saturated heterocycles. The minimum atomic E-state index is -0.624. The summed E-state index contributed by atoms with van der Waals surface area (Å²) in [6.45, 7) is 6.10. The van der Waals surface area contributed by atoms with E-state index in [-0.39, 0.29) is 6.61 Å². The minimum Gasteiger partial charge on any atom is -0.490 e. The highest BCUT2D eigenvalue weighted by molar-refractivity contribution is 5.93. The first-order valence-electron chi connectivity index (χ1n) is 9.62.